The summed E-state index contributed by atoms with van der Waals surface area (Å²) in [4.78, 5) is 20.1. The molecule has 2 fully saturated rings. The van der Waals surface area contributed by atoms with Crippen molar-refractivity contribution in [2.45, 2.75) is 31.7 Å². The van der Waals surface area contributed by atoms with Crippen LogP contribution in [0.4, 0.5) is 5.69 Å². The van der Waals surface area contributed by atoms with Crippen LogP contribution in [0.2, 0.25) is 0 Å². The molecule has 154 valence electrons. The molecule has 7 nitrogen and oxygen atoms in total. The molecule has 28 heavy (non-hydrogen) atoms. The summed E-state index contributed by atoms with van der Waals surface area (Å²) in [6.45, 7) is 5.50. The maximum absolute atomic E-state index is 12.1. The summed E-state index contributed by atoms with van der Waals surface area (Å²) in [5.41, 5.74) is 2.76. The van der Waals surface area contributed by atoms with Crippen molar-refractivity contribution in [1.82, 2.24) is 19.8 Å². The van der Waals surface area contributed by atoms with Crippen molar-refractivity contribution in [2.24, 2.45) is 13.0 Å². The molecule has 4 rings (SSSR count). The number of rotatable bonds is 5. The molecular formula is C21H33N5O2. The van der Waals surface area contributed by atoms with E-state index in [0.717, 1.165) is 67.4 Å². The minimum Gasteiger partial charge on any atom is -0.494 e. The number of benzene rings is 1. The van der Waals surface area contributed by atoms with Gasteiger partial charge in [0, 0.05) is 32.7 Å². The van der Waals surface area contributed by atoms with Crippen LogP contribution in [-0.2, 0) is 7.05 Å². The summed E-state index contributed by atoms with van der Waals surface area (Å²) < 4.78 is 7.36. The van der Waals surface area contributed by atoms with Gasteiger partial charge in [-0.2, -0.15) is 0 Å². The molecule has 2 aliphatic rings. The molecule has 1 aromatic heterocycles. The van der Waals surface area contributed by atoms with Gasteiger partial charge in [-0.3, -0.25) is 4.57 Å². The fraction of sp³-hybridized carbons (Fsp3) is 0.667. The van der Waals surface area contributed by atoms with Crippen molar-refractivity contribution < 1.29 is 4.74 Å². The van der Waals surface area contributed by atoms with E-state index in [2.05, 4.69) is 27.1 Å². The largest absolute Gasteiger partial charge is 0.494 e. The predicted molar refractivity (Wildman–Crippen MR) is 114 cm³/mol. The number of nitrogens with zero attached hydrogens (tertiary/aromatic N) is 3. The van der Waals surface area contributed by atoms with Crippen molar-refractivity contribution in [3.05, 3.63) is 22.6 Å². The van der Waals surface area contributed by atoms with Crippen LogP contribution in [-0.4, -0.2) is 67.4 Å². The number of nitrogens with one attached hydrogen (secondary N) is 2. The summed E-state index contributed by atoms with van der Waals surface area (Å²) in [6, 6.07) is 4.52. The van der Waals surface area contributed by atoms with Crippen molar-refractivity contribution >= 4 is 16.7 Å². The van der Waals surface area contributed by atoms with E-state index in [0.29, 0.717) is 6.04 Å². The number of aromatic amines is 1. The Bertz CT molecular complexity index is 860. The lowest BCUT2D eigenvalue weighted by Gasteiger charge is -2.40. The lowest BCUT2D eigenvalue weighted by atomic mass is 9.95. The van der Waals surface area contributed by atoms with Crippen molar-refractivity contribution in [3.8, 4) is 5.75 Å². The molecule has 0 saturated carbocycles. The summed E-state index contributed by atoms with van der Waals surface area (Å²) in [5.74, 6) is 1.66. The zero-order valence-electron chi connectivity index (χ0n) is 17.3. The van der Waals surface area contributed by atoms with E-state index in [1.807, 2.05) is 19.2 Å². The highest BCUT2D eigenvalue weighted by Crippen LogP contribution is 2.37. The Kier molecular flexibility index (Phi) is 5.64. The van der Waals surface area contributed by atoms with Gasteiger partial charge in [-0.1, -0.05) is 0 Å². The number of anilines is 1. The number of fused-ring (bicyclic) bond motifs is 1. The Morgan fingerprint density at radius 1 is 1.18 bits per heavy atom. The third-order valence-electron chi connectivity index (χ3n) is 6.62. The van der Waals surface area contributed by atoms with Crippen LogP contribution < -0.4 is 20.6 Å². The second-order valence-electron chi connectivity index (χ2n) is 8.35. The predicted octanol–water partition coefficient (Wildman–Crippen LogP) is 1.78. The van der Waals surface area contributed by atoms with Gasteiger partial charge in [0.1, 0.15) is 11.4 Å². The molecule has 0 aliphatic carbocycles. The Morgan fingerprint density at radius 2 is 1.89 bits per heavy atom. The van der Waals surface area contributed by atoms with Crippen LogP contribution >= 0.6 is 0 Å². The molecule has 0 atom stereocenters. The zero-order chi connectivity index (χ0) is 19.7. The highest BCUT2D eigenvalue weighted by atomic mass is 16.5. The van der Waals surface area contributed by atoms with Gasteiger partial charge in [0.15, 0.2) is 0 Å². The van der Waals surface area contributed by atoms with Gasteiger partial charge >= 0.3 is 5.69 Å². The first-order valence-electron chi connectivity index (χ1n) is 10.5. The molecule has 0 amide bonds. The normalized spacial score (nSPS) is 19.6. The minimum absolute atomic E-state index is 0.0823. The van der Waals surface area contributed by atoms with E-state index in [1.165, 1.54) is 19.4 Å². The van der Waals surface area contributed by atoms with Gasteiger partial charge in [-0.15, -0.1) is 0 Å². The standard InChI is InChI=1S/C21H33N5O2/c1-24(14-15-6-10-22-11-7-15)16-8-12-26(13-9-16)20-18(28-3)5-4-17-19(20)25(2)21(27)23-17/h4-5,15-16,22H,6-14H2,1-3H3,(H,23,27). The fourth-order valence-corrected chi connectivity index (χ4v) is 4.92. The molecular weight excluding hydrogens is 354 g/mol. The number of ether oxygens (including phenoxy) is 1. The Hall–Kier alpha value is -1.99. The average Bonchev–Trinajstić information content (AvgIpc) is 3.02. The fourth-order valence-electron chi connectivity index (χ4n) is 4.92. The third kappa shape index (κ3) is 3.65. The molecule has 2 saturated heterocycles. The van der Waals surface area contributed by atoms with Crippen LogP contribution in [0, 0.1) is 5.92 Å². The molecule has 7 heteroatoms. The number of aryl methyl sites for hydroxylation is 1. The summed E-state index contributed by atoms with van der Waals surface area (Å²) in [5, 5.41) is 3.46. The van der Waals surface area contributed by atoms with Crippen molar-refractivity contribution in [3.63, 3.8) is 0 Å². The van der Waals surface area contributed by atoms with Crippen LogP contribution in [0.5, 0.6) is 5.75 Å². The number of H-pyrrole nitrogens is 1. The summed E-state index contributed by atoms with van der Waals surface area (Å²) in [6.07, 6.45) is 4.87. The van der Waals surface area contributed by atoms with Gasteiger partial charge in [-0.25, -0.2) is 4.79 Å². The molecule has 2 aliphatic heterocycles. The molecule has 0 radical (unpaired) electrons. The first-order chi connectivity index (χ1) is 13.6. The molecule has 2 aromatic rings. The van der Waals surface area contributed by atoms with E-state index in [4.69, 9.17) is 4.74 Å². The van der Waals surface area contributed by atoms with Gasteiger partial charge in [0.05, 0.1) is 18.1 Å². The lowest BCUT2D eigenvalue weighted by molar-refractivity contribution is 0.164. The maximum atomic E-state index is 12.1. The molecule has 0 bridgehead atoms. The van der Waals surface area contributed by atoms with Gasteiger partial charge < -0.3 is 24.8 Å². The molecule has 1 aromatic carbocycles. The number of hydrogen-bond acceptors (Lipinski definition) is 5. The average molecular weight is 388 g/mol. The summed E-state index contributed by atoms with van der Waals surface area (Å²) in [7, 11) is 5.82. The second-order valence-corrected chi connectivity index (χ2v) is 8.35. The Morgan fingerprint density at radius 3 is 2.57 bits per heavy atom. The third-order valence-corrected chi connectivity index (χ3v) is 6.62. The highest BCUT2D eigenvalue weighted by Gasteiger charge is 2.28. The van der Waals surface area contributed by atoms with E-state index in [9.17, 15) is 4.79 Å². The summed E-state index contributed by atoms with van der Waals surface area (Å²) >= 11 is 0. The highest BCUT2D eigenvalue weighted by molar-refractivity contribution is 5.93. The van der Waals surface area contributed by atoms with Crippen LogP contribution in [0.15, 0.2) is 16.9 Å². The molecule has 2 N–H and O–H groups in total. The first-order valence-corrected chi connectivity index (χ1v) is 10.5. The smallest absolute Gasteiger partial charge is 0.326 e. The zero-order valence-corrected chi connectivity index (χ0v) is 17.3. The Labute approximate surface area is 166 Å². The van der Waals surface area contributed by atoms with Crippen LogP contribution in [0.3, 0.4) is 0 Å². The van der Waals surface area contributed by atoms with E-state index < -0.39 is 0 Å². The van der Waals surface area contributed by atoms with Gasteiger partial charge in [-0.05, 0) is 63.9 Å². The number of aromatic nitrogens is 2. The Balaban J connectivity index is 1.48. The number of piperidine rings is 2. The van der Waals surface area contributed by atoms with Crippen LogP contribution in [0.1, 0.15) is 25.7 Å². The maximum Gasteiger partial charge on any atom is 0.326 e. The molecule has 0 spiro atoms. The number of methoxy groups -OCH3 is 1. The van der Waals surface area contributed by atoms with E-state index in [1.54, 1.807) is 11.7 Å². The van der Waals surface area contributed by atoms with Gasteiger partial charge in [0.2, 0.25) is 0 Å². The quantitative estimate of drug-likeness (QED) is 0.819. The van der Waals surface area contributed by atoms with E-state index in [-0.39, 0.29) is 5.69 Å². The van der Waals surface area contributed by atoms with Gasteiger partial charge in [0.25, 0.3) is 0 Å². The number of imidazole rings is 1. The molecule has 3 heterocycles. The second kappa shape index (κ2) is 8.17. The van der Waals surface area contributed by atoms with E-state index >= 15 is 0 Å². The first kappa shape index (κ1) is 19.3. The SMILES string of the molecule is COc1ccc2[nH]c(=O)n(C)c2c1N1CCC(N(C)CC2CCNCC2)CC1. The topological polar surface area (TPSA) is 65.5 Å². The monoisotopic (exact) mass is 387 g/mol. The van der Waals surface area contributed by atoms with Crippen LogP contribution in [0.25, 0.3) is 11.0 Å². The molecule has 0 unspecified atom stereocenters. The number of hydrogen-bond donors (Lipinski definition) is 2. The minimum atomic E-state index is -0.0823. The lowest BCUT2D eigenvalue weighted by Crippen LogP contribution is -2.46. The van der Waals surface area contributed by atoms with Crippen molar-refractivity contribution in [2.75, 3.05) is 51.8 Å². The van der Waals surface area contributed by atoms with Crippen molar-refractivity contribution in [1.29, 1.82) is 0 Å².